The average Bonchev–Trinajstić information content (AvgIpc) is 2.71. The summed E-state index contributed by atoms with van der Waals surface area (Å²) >= 11 is 0. The largest absolute Gasteiger partial charge is 0.377 e. The molecule has 6 nitrogen and oxygen atoms in total. The molecule has 1 saturated heterocycles. The van der Waals surface area contributed by atoms with E-state index in [0.717, 1.165) is 23.4 Å². The number of nitrogens with zero attached hydrogens (tertiary/aromatic N) is 4. The number of benzene rings is 1. The van der Waals surface area contributed by atoms with E-state index in [4.69, 9.17) is 9.72 Å². The van der Waals surface area contributed by atoms with Gasteiger partial charge in [-0.1, -0.05) is 30.3 Å². The Balaban J connectivity index is 1.78. The first-order valence-electron chi connectivity index (χ1n) is 9.08. The first kappa shape index (κ1) is 17.4. The quantitative estimate of drug-likeness (QED) is 0.717. The Kier molecular flexibility index (Phi) is 4.73. The van der Waals surface area contributed by atoms with Gasteiger partial charge in [0.1, 0.15) is 0 Å². The zero-order chi connectivity index (χ0) is 18.8. The lowest BCUT2D eigenvalue weighted by Crippen LogP contribution is -2.46. The third kappa shape index (κ3) is 3.48. The molecule has 138 valence electrons. The molecule has 0 radical (unpaired) electrons. The summed E-state index contributed by atoms with van der Waals surface area (Å²) in [6.07, 6.45) is 1.76. The minimum atomic E-state index is -0.0771. The topological polar surface area (TPSA) is 60.2 Å². The highest BCUT2D eigenvalue weighted by atomic mass is 16.5. The fourth-order valence-electron chi connectivity index (χ4n) is 3.31. The lowest BCUT2D eigenvalue weighted by Gasteiger charge is -2.35. The Hall–Kier alpha value is -2.99. The van der Waals surface area contributed by atoms with Crippen molar-refractivity contribution < 1.29 is 4.74 Å². The van der Waals surface area contributed by atoms with Crippen LogP contribution in [0.3, 0.4) is 0 Å². The summed E-state index contributed by atoms with van der Waals surface area (Å²) in [4.78, 5) is 24.0. The van der Waals surface area contributed by atoms with Gasteiger partial charge in [0.15, 0.2) is 0 Å². The van der Waals surface area contributed by atoms with Crippen LogP contribution in [-0.4, -0.2) is 40.3 Å². The fraction of sp³-hybridized carbons (Fsp3) is 0.286. The number of ether oxygens (including phenoxy) is 1. The first-order chi connectivity index (χ1) is 13.1. The van der Waals surface area contributed by atoms with Crippen LogP contribution in [0.25, 0.3) is 22.5 Å². The SMILES string of the molecule is C[C@@H]1COCCN1c1nc(-c2ccnc(-c3ccccc3)c2)cc(=O)n1C. The van der Waals surface area contributed by atoms with Crippen LogP contribution in [-0.2, 0) is 11.8 Å². The molecule has 0 aliphatic carbocycles. The van der Waals surface area contributed by atoms with Crippen molar-refractivity contribution in [3.8, 4) is 22.5 Å². The van der Waals surface area contributed by atoms with E-state index in [9.17, 15) is 4.79 Å². The summed E-state index contributed by atoms with van der Waals surface area (Å²) in [5.74, 6) is 0.673. The van der Waals surface area contributed by atoms with Gasteiger partial charge in [-0.3, -0.25) is 14.3 Å². The number of morpholine rings is 1. The van der Waals surface area contributed by atoms with E-state index in [-0.39, 0.29) is 11.6 Å². The minimum Gasteiger partial charge on any atom is -0.377 e. The zero-order valence-corrected chi connectivity index (χ0v) is 15.5. The Labute approximate surface area is 158 Å². The van der Waals surface area contributed by atoms with Gasteiger partial charge in [0.25, 0.3) is 5.56 Å². The van der Waals surface area contributed by atoms with Gasteiger partial charge in [0.05, 0.1) is 30.6 Å². The minimum absolute atomic E-state index is 0.0771. The predicted octanol–water partition coefficient (Wildman–Crippen LogP) is 2.73. The molecule has 1 aliphatic rings. The molecule has 0 N–H and O–H groups in total. The van der Waals surface area contributed by atoms with Gasteiger partial charge >= 0.3 is 0 Å². The summed E-state index contributed by atoms with van der Waals surface area (Å²) in [6.45, 7) is 4.07. The van der Waals surface area contributed by atoms with E-state index in [2.05, 4.69) is 16.8 Å². The monoisotopic (exact) mass is 362 g/mol. The number of pyridine rings is 1. The Bertz CT molecular complexity index is 1000. The number of hydrogen-bond donors (Lipinski definition) is 0. The van der Waals surface area contributed by atoms with E-state index >= 15 is 0 Å². The third-order valence-corrected chi connectivity index (χ3v) is 4.86. The summed E-state index contributed by atoms with van der Waals surface area (Å²) in [6, 6.07) is 15.6. The molecule has 0 unspecified atom stereocenters. The smallest absolute Gasteiger partial charge is 0.255 e. The normalized spacial score (nSPS) is 17.1. The standard InChI is InChI=1S/C21H22N4O2/c1-15-14-27-11-10-25(15)21-23-19(13-20(26)24(21)2)17-8-9-22-18(12-17)16-6-4-3-5-7-16/h3-9,12-13,15H,10-11,14H2,1-2H3/t15-/m1/s1. The van der Waals surface area contributed by atoms with E-state index in [1.807, 2.05) is 42.5 Å². The molecule has 2 aromatic heterocycles. The molecule has 0 saturated carbocycles. The van der Waals surface area contributed by atoms with Gasteiger partial charge in [0, 0.05) is 37.0 Å². The van der Waals surface area contributed by atoms with Crippen molar-refractivity contribution in [1.82, 2.24) is 14.5 Å². The van der Waals surface area contributed by atoms with Crippen molar-refractivity contribution in [2.45, 2.75) is 13.0 Å². The van der Waals surface area contributed by atoms with Gasteiger partial charge in [-0.25, -0.2) is 4.98 Å². The van der Waals surface area contributed by atoms with Crippen LogP contribution in [0.15, 0.2) is 59.5 Å². The van der Waals surface area contributed by atoms with Crippen LogP contribution in [0, 0.1) is 0 Å². The highest BCUT2D eigenvalue weighted by molar-refractivity contribution is 5.68. The van der Waals surface area contributed by atoms with Crippen LogP contribution in [0.2, 0.25) is 0 Å². The molecule has 0 bridgehead atoms. The van der Waals surface area contributed by atoms with Crippen molar-refractivity contribution >= 4 is 5.95 Å². The molecule has 1 aliphatic heterocycles. The van der Waals surface area contributed by atoms with Crippen molar-refractivity contribution in [3.63, 3.8) is 0 Å². The molecule has 1 atom stereocenters. The maximum atomic E-state index is 12.6. The number of anilines is 1. The maximum Gasteiger partial charge on any atom is 0.255 e. The number of rotatable bonds is 3. The maximum absolute atomic E-state index is 12.6. The lowest BCUT2D eigenvalue weighted by atomic mass is 10.1. The highest BCUT2D eigenvalue weighted by Crippen LogP contribution is 2.24. The average molecular weight is 362 g/mol. The number of aromatic nitrogens is 3. The summed E-state index contributed by atoms with van der Waals surface area (Å²) < 4.78 is 7.12. The molecule has 0 amide bonds. The molecule has 1 fully saturated rings. The van der Waals surface area contributed by atoms with Gasteiger partial charge in [-0.2, -0.15) is 0 Å². The van der Waals surface area contributed by atoms with Gasteiger partial charge in [-0.15, -0.1) is 0 Å². The summed E-state index contributed by atoms with van der Waals surface area (Å²) in [5, 5.41) is 0. The first-order valence-corrected chi connectivity index (χ1v) is 9.08. The molecule has 6 heteroatoms. The second kappa shape index (κ2) is 7.32. The Morgan fingerprint density at radius 1 is 1.07 bits per heavy atom. The number of hydrogen-bond acceptors (Lipinski definition) is 5. The van der Waals surface area contributed by atoms with Crippen LogP contribution in [0.1, 0.15) is 6.92 Å². The lowest BCUT2D eigenvalue weighted by molar-refractivity contribution is 0.0976. The highest BCUT2D eigenvalue weighted by Gasteiger charge is 2.23. The molecule has 3 heterocycles. The predicted molar refractivity (Wildman–Crippen MR) is 106 cm³/mol. The summed E-state index contributed by atoms with van der Waals surface area (Å²) in [5.41, 5.74) is 3.35. The van der Waals surface area contributed by atoms with Gasteiger partial charge in [0.2, 0.25) is 5.95 Å². The molecule has 3 aromatic rings. The second-order valence-corrected chi connectivity index (χ2v) is 6.75. The van der Waals surface area contributed by atoms with E-state index in [1.165, 1.54) is 0 Å². The molecule has 0 spiro atoms. The van der Waals surface area contributed by atoms with E-state index in [1.54, 1.807) is 23.9 Å². The fourth-order valence-corrected chi connectivity index (χ4v) is 3.31. The Morgan fingerprint density at radius 2 is 1.89 bits per heavy atom. The molecule has 4 rings (SSSR count). The molecule has 27 heavy (non-hydrogen) atoms. The van der Waals surface area contributed by atoms with Crippen LogP contribution < -0.4 is 10.5 Å². The van der Waals surface area contributed by atoms with Crippen LogP contribution in [0.5, 0.6) is 0 Å². The Morgan fingerprint density at radius 3 is 2.67 bits per heavy atom. The van der Waals surface area contributed by atoms with Gasteiger partial charge in [-0.05, 0) is 19.1 Å². The van der Waals surface area contributed by atoms with E-state index < -0.39 is 0 Å². The van der Waals surface area contributed by atoms with Crippen molar-refractivity contribution in [2.24, 2.45) is 7.05 Å². The van der Waals surface area contributed by atoms with Crippen LogP contribution in [0.4, 0.5) is 5.95 Å². The molecule has 1 aromatic carbocycles. The van der Waals surface area contributed by atoms with Crippen molar-refractivity contribution in [1.29, 1.82) is 0 Å². The van der Waals surface area contributed by atoms with Crippen molar-refractivity contribution in [3.05, 3.63) is 65.1 Å². The second-order valence-electron chi connectivity index (χ2n) is 6.75. The zero-order valence-electron chi connectivity index (χ0n) is 15.5. The summed E-state index contributed by atoms with van der Waals surface area (Å²) in [7, 11) is 1.76. The van der Waals surface area contributed by atoms with Gasteiger partial charge < -0.3 is 9.64 Å². The third-order valence-electron chi connectivity index (χ3n) is 4.86. The van der Waals surface area contributed by atoms with E-state index in [0.29, 0.717) is 24.9 Å². The van der Waals surface area contributed by atoms with Crippen LogP contribution >= 0.6 is 0 Å². The molecular weight excluding hydrogens is 340 g/mol. The van der Waals surface area contributed by atoms with Crippen molar-refractivity contribution in [2.75, 3.05) is 24.7 Å². The molecular formula is C21H22N4O2.